The number of amides is 2. The number of nitrogens with one attached hydrogen (secondary N) is 2. The summed E-state index contributed by atoms with van der Waals surface area (Å²) in [6.45, 7) is 0. The highest BCUT2D eigenvalue weighted by molar-refractivity contribution is 6.03. The monoisotopic (exact) mass is 453 g/mol. The normalized spacial score (nSPS) is 10.6. The molecule has 9 heteroatoms. The number of ether oxygens (including phenoxy) is 1. The van der Waals surface area contributed by atoms with Crippen molar-refractivity contribution in [2.75, 3.05) is 10.7 Å². The van der Waals surface area contributed by atoms with Crippen molar-refractivity contribution in [3.8, 4) is 5.75 Å². The third-order valence-electron chi connectivity index (χ3n) is 4.61. The van der Waals surface area contributed by atoms with Crippen LogP contribution >= 0.6 is 0 Å². The number of aromatic nitrogens is 3. The molecule has 0 saturated carbocycles. The molecule has 0 fully saturated rings. The van der Waals surface area contributed by atoms with E-state index in [9.17, 15) is 14.4 Å². The zero-order valence-corrected chi connectivity index (χ0v) is 17.8. The van der Waals surface area contributed by atoms with E-state index >= 15 is 0 Å². The van der Waals surface area contributed by atoms with E-state index in [-0.39, 0.29) is 11.8 Å². The van der Waals surface area contributed by atoms with Crippen molar-refractivity contribution in [3.63, 3.8) is 0 Å². The molecule has 2 N–H and O–H groups in total. The summed E-state index contributed by atoms with van der Waals surface area (Å²) < 4.78 is 6.82. The van der Waals surface area contributed by atoms with Crippen molar-refractivity contribution in [2.24, 2.45) is 0 Å². The molecule has 0 unspecified atom stereocenters. The van der Waals surface area contributed by atoms with Crippen molar-refractivity contribution in [2.45, 2.75) is 0 Å². The van der Waals surface area contributed by atoms with Gasteiger partial charge in [-0.25, -0.2) is 9.47 Å². The van der Waals surface area contributed by atoms with Gasteiger partial charge in [0.25, 0.3) is 5.91 Å². The van der Waals surface area contributed by atoms with Gasteiger partial charge in [0.1, 0.15) is 18.4 Å². The molecule has 0 spiro atoms. The van der Waals surface area contributed by atoms with Crippen molar-refractivity contribution < 1.29 is 19.1 Å². The first-order chi connectivity index (χ1) is 16.6. The Bertz CT molecular complexity index is 1320. The Balaban J connectivity index is 1.37. The topological polar surface area (TPSA) is 115 Å². The van der Waals surface area contributed by atoms with E-state index in [0.717, 1.165) is 0 Å². The second-order valence-corrected chi connectivity index (χ2v) is 7.00. The van der Waals surface area contributed by atoms with Gasteiger partial charge in [0.2, 0.25) is 5.91 Å². The van der Waals surface area contributed by atoms with E-state index in [1.165, 1.54) is 23.4 Å². The van der Waals surface area contributed by atoms with Gasteiger partial charge in [-0.3, -0.25) is 15.0 Å². The van der Waals surface area contributed by atoms with Crippen LogP contribution in [-0.2, 0) is 4.79 Å². The number of rotatable bonds is 7. The maximum atomic E-state index is 12.4. The number of hydrogen-bond acceptors (Lipinski definition) is 6. The van der Waals surface area contributed by atoms with Crippen LogP contribution in [0.15, 0.2) is 97.6 Å². The maximum absolute atomic E-state index is 12.4. The highest BCUT2D eigenvalue weighted by atomic mass is 16.5. The first-order valence-corrected chi connectivity index (χ1v) is 10.2. The average molecular weight is 453 g/mol. The minimum Gasteiger partial charge on any atom is -0.422 e. The van der Waals surface area contributed by atoms with Crippen LogP contribution in [0.2, 0.25) is 0 Å². The molecule has 2 amide bonds. The number of carbonyl (C=O) groups is 3. The fraction of sp³-hybridized carbons (Fsp3) is 0. The summed E-state index contributed by atoms with van der Waals surface area (Å²) in [5, 5.41) is 9.94. The lowest BCUT2D eigenvalue weighted by atomic mass is 10.1. The molecule has 0 aliphatic heterocycles. The van der Waals surface area contributed by atoms with Crippen molar-refractivity contribution in [3.05, 3.63) is 114 Å². The molecule has 0 atom stereocenters. The smallest absolute Gasteiger partial charge is 0.343 e. The molecule has 0 radical (unpaired) electrons. The van der Waals surface area contributed by atoms with Crippen molar-refractivity contribution in [1.82, 2.24) is 14.9 Å². The zero-order valence-electron chi connectivity index (χ0n) is 17.8. The summed E-state index contributed by atoms with van der Waals surface area (Å²) in [5.41, 5.74) is 4.50. The summed E-state index contributed by atoms with van der Waals surface area (Å²) in [5.74, 6) is -0.881. The highest BCUT2D eigenvalue weighted by Crippen LogP contribution is 2.21. The lowest BCUT2D eigenvalue weighted by Gasteiger charge is -2.08. The quantitative estimate of drug-likeness (QED) is 0.251. The fourth-order valence-electron chi connectivity index (χ4n) is 2.94. The molecule has 168 valence electrons. The van der Waals surface area contributed by atoms with Gasteiger partial charge in [0.15, 0.2) is 0 Å². The second-order valence-electron chi connectivity index (χ2n) is 7.00. The predicted molar refractivity (Wildman–Crippen MR) is 126 cm³/mol. The van der Waals surface area contributed by atoms with E-state index < -0.39 is 5.97 Å². The molecule has 0 bridgehead atoms. The van der Waals surface area contributed by atoms with Gasteiger partial charge in [-0.1, -0.05) is 36.4 Å². The van der Waals surface area contributed by atoms with Gasteiger partial charge in [0, 0.05) is 22.9 Å². The van der Waals surface area contributed by atoms with Crippen molar-refractivity contribution in [1.29, 1.82) is 0 Å². The zero-order chi connectivity index (χ0) is 23.8. The summed E-state index contributed by atoms with van der Waals surface area (Å²) in [6, 6.07) is 21.9. The Kier molecular flexibility index (Phi) is 6.85. The molecule has 3 aromatic carbocycles. The van der Waals surface area contributed by atoms with Gasteiger partial charge >= 0.3 is 5.97 Å². The standard InChI is InChI=1S/C25H19N5O4/c31-23(28-21-13-10-19(11-14-21)24(32)29-30-16-26-27-17-30)15-12-18-6-4-5-9-22(18)34-25(33)20-7-2-1-3-8-20/h1-17H,(H,28,31)(H,29,32)/b15-12+. The Morgan fingerprint density at radius 2 is 1.47 bits per heavy atom. The van der Waals surface area contributed by atoms with Crippen LogP contribution in [-0.4, -0.2) is 32.7 Å². The minimum atomic E-state index is -0.487. The summed E-state index contributed by atoms with van der Waals surface area (Å²) in [4.78, 5) is 36.9. The van der Waals surface area contributed by atoms with E-state index in [1.807, 2.05) is 6.07 Å². The molecule has 1 heterocycles. The fourth-order valence-corrected chi connectivity index (χ4v) is 2.94. The van der Waals surface area contributed by atoms with Crippen LogP contribution in [0.4, 0.5) is 5.69 Å². The maximum Gasteiger partial charge on any atom is 0.343 e. The predicted octanol–water partition coefficient (Wildman–Crippen LogP) is 3.53. The van der Waals surface area contributed by atoms with Crippen LogP contribution in [0.25, 0.3) is 6.08 Å². The first kappa shape index (κ1) is 22.2. The number of hydrogen-bond donors (Lipinski definition) is 2. The number of nitrogens with zero attached hydrogens (tertiary/aromatic N) is 3. The van der Waals surface area contributed by atoms with Gasteiger partial charge < -0.3 is 10.1 Å². The lowest BCUT2D eigenvalue weighted by molar-refractivity contribution is -0.111. The number of para-hydroxylation sites is 1. The first-order valence-electron chi connectivity index (χ1n) is 10.2. The van der Waals surface area contributed by atoms with E-state index in [0.29, 0.717) is 28.1 Å². The molecule has 0 aliphatic rings. The Labute approximate surface area is 194 Å². The van der Waals surface area contributed by atoms with E-state index in [4.69, 9.17) is 4.74 Å². The van der Waals surface area contributed by atoms with Crippen LogP contribution in [0.5, 0.6) is 5.75 Å². The molecular formula is C25H19N5O4. The number of carbonyl (C=O) groups excluding carboxylic acids is 3. The SMILES string of the molecule is O=C(/C=C/c1ccccc1OC(=O)c1ccccc1)Nc1ccc(C(=O)Nn2cnnc2)cc1. The van der Waals surface area contributed by atoms with Crippen LogP contribution in [0.3, 0.4) is 0 Å². The highest BCUT2D eigenvalue weighted by Gasteiger charge is 2.10. The van der Waals surface area contributed by atoms with Gasteiger partial charge in [-0.15, -0.1) is 10.2 Å². The molecule has 0 aliphatic carbocycles. The van der Waals surface area contributed by atoms with E-state index in [1.54, 1.807) is 78.9 Å². The summed E-state index contributed by atoms with van der Waals surface area (Å²) in [6.07, 6.45) is 5.62. The Hall–Kier alpha value is -5.05. The Morgan fingerprint density at radius 1 is 0.794 bits per heavy atom. The van der Waals surface area contributed by atoms with Crippen molar-refractivity contribution >= 4 is 29.5 Å². The van der Waals surface area contributed by atoms with Crippen LogP contribution in [0.1, 0.15) is 26.3 Å². The van der Waals surface area contributed by atoms with Gasteiger partial charge in [-0.2, -0.15) is 0 Å². The van der Waals surface area contributed by atoms with Crippen LogP contribution < -0.4 is 15.5 Å². The largest absolute Gasteiger partial charge is 0.422 e. The second kappa shape index (κ2) is 10.5. The molecule has 34 heavy (non-hydrogen) atoms. The molecule has 4 rings (SSSR count). The summed E-state index contributed by atoms with van der Waals surface area (Å²) >= 11 is 0. The Morgan fingerprint density at radius 3 is 2.21 bits per heavy atom. The number of benzene rings is 3. The van der Waals surface area contributed by atoms with E-state index in [2.05, 4.69) is 20.9 Å². The minimum absolute atomic E-state index is 0.337. The molecule has 1 aromatic heterocycles. The van der Waals surface area contributed by atoms with Gasteiger partial charge in [-0.05, 0) is 48.5 Å². The van der Waals surface area contributed by atoms with Gasteiger partial charge in [0.05, 0.1) is 5.56 Å². The lowest BCUT2D eigenvalue weighted by Crippen LogP contribution is -2.21. The molecule has 9 nitrogen and oxygen atoms in total. The third-order valence-corrected chi connectivity index (χ3v) is 4.61. The molecule has 4 aromatic rings. The molecular weight excluding hydrogens is 434 g/mol. The number of esters is 1. The molecule has 0 saturated heterocycles. The third kappa shape index (κ3) is 5.80. The average Bonchev–Trinajstić information content (AvgIpc) is 3.37. The van der Waals surface area contributed by atoms with Crippen LogP contribution in [0, 0.1) is 0 Å². The summed E-state index contributed by atoms with van der Waals surface area (Å²) in [7, 11) is 0. The number of anilines is 1.